The van der Waals surface area contributed by atoms with Crippen LogP contribution in [0.5, 0.6) is 0 Å². The first-order chi connectivity index (χ1) is 11.2. The van der Waals surface area contributed by atoms with E-state index in [1.165, 1.54) is 5.56 Å². The summed E-state index contributed by atoms with van der Waals surface area (Å²) in [5, 5.41) is 11.1. The maximum Gasteiger partial charge on any atom is 0.249 e. The van der Waals surface area contributed by atoms with E-state index in [1.54, 1.807) is 18.3 Å². The Balaban J connectivity index is 1.64. The highest BCUT2D eigenvalue weighted by atomic mass is 32.1. The van der Waals surface area contributed by atoms with Crippen LogP contribution in [0.1, 0.15) is 42.6 Å². The van der Waals surface area contributed by atoms with Gasteiger partial charge >= 0.3 is 0 Å². The highest BCUT2D eigenvalue weighted by Crippen LogP contribution is 2.29. The van der Waals surface area contributed by atoms with Crippen molar-refractivity contribution in [2.75, 3.05) is 13.2 Å². The summed E-state index contributed by atoms with van der Waals surface area (Å²) in [5.41, 5.74) is 1.20. The Kier molecular flexibility index (Phi) is 5.40. The number of hydrogen-bond donors (Lipinski definition) is 1. The second-order valence-corrected chi connectivity index (χ2v) is 6.59. The van der Waals surface area contributed by atoms with Gasteiger partial charge in [0.25, 0.3) is 0 Å². The number of thiophene rings is 1. The van der Waals surface area contributed by atoms with E-state index in [-0.39, 0.29) is 17.9 Å². The van der Waals surface area contributed by atoms with Crippen LogP contribution in [0.4, 0.5) is 0 Å². The molecule has 1 aliphatic heterocycles. The van der Waals surface area contributed by atoms with Crippen LogP contribution in [0.3, 0.4) is 0 Å². The van der Waals surface area contributed by atoms with Gasteiger partial charge in [-0.1, -0.05) is 5.16 Å². The van der Waals surface area contributed by atoms with Gasteiger partial charge in [-0.05, 0) is 54.5 Å². The van der Waals surface area contributed by atoms with Crippen molar-refractivity contribution >= 4 is 17.2 Å². The van der Waals surface area contributed by atoms with Gasteiger partial charge in [0.15, 0.2) is 5.82 Å². The second kappa shape index (κ2) is 7.70. The number of nitrogens with one attached hydrogen (secondary N) is 1. The van der Waals surface area contributed by atoms with Crippen molar-refractivity contribution in [2.45, 2.75) is 38.6 Å². The molecule has 6 nitrogen and oxygen atoms in total. The molecule has 3 rings (SSSR count). The average molecular weight is 335 g/mol. The minimum absolute atomic E-state index is 0.0172. The third-order valence-electron chi connectivity index (χ3n) is 4.08. The Morgan fingerprint density at radius 3 is 2.96 bits per heavy atom. The first-order valence-corrected chi connectivity index (χ1v) is 8.85. The summed E-state index contributed by atoms with van der Waals surface area (Å²) in [7, 11) is 0. The smallest absolute Gasteiger partial charge is 0.249 e. The summed E-state index contributed by atoms with van der Waals surface area (Å²) in [6.45, 7) is 3.20. The van der Waals surface area contributed by atoms with Gasteiger partial charge in [-0.2, -0.15) is 16.3 Å². The van der Waals surface area contributed by atoms with E-state index in [2.05, 4.69) is 26.9 Å². The number of aromatic nitrogens is 2. The molecule has 2 aromatic heterocycles. The third kappa shape index (κ3) is 4.39. The molecule has 2 aromatic rings. The predicted molar refractivity (Wildman–Crippen MR) is 86.1 cm³/mol. The summed E-state index contributed by atoms with van der Waals surface area (Å²) in [6, 6.07) is 1.82. The van der Waals surface area contributed by atoms with Crippen molar-refractivity contribution in [3.05, 3.63) is 34.1 Å². The number of nitrogens with zero attached hydrogens (tertiary/aromatic N) is 2. The highest BCUT2D eigenvalue weighted by Gasteiger charge is 2.30. The fourth-order valence-electron chi connectivity index (χ4n) is 2.81. The summed E-state index contributed by atoms with van der Waals surface area (Å²) in [5.74, 6) is 1.38. The molecule has 0 aromatic carbocycles. The summed E-state index contributed by atoms with van der Waals surface area (Å²) in [4.78, 5) is 16.7. The molecule has 1 aliphatic rings. The summed E-state index contributed by atoms with van der Waals surface area (Å²) < 4.78 is 10.7. The van der Waals surface area contributed by atoms with Crippen LogP contribution in [0.2, 0.25) is 0 Å². The lowest BCUT2D eigenvalue weighted by molar-refractivity contribution is -0.122. The third-order valence-corrected chi connectivity index (χ3v) is 4.82. The lowest BCUT2D eigenvalue weighted by Crippen LogP contribution is -2.36. The molecule has 23 heavy (non-hydrogen) atoms. The standard InChI is InChI=1S/C16H21N3O3S/c1-11-17-16(22-19-11)15(13-4-7-21-8-5-13)18-14(20)3-2-12-6-9-23-10-12/h6,9-10,13,15H,2-5,7-8H2,1H3,(H,18,20)/t15-/m0/s1. The topological polar surface area (TPSA) is 77.2 Å². The summed E-state index contributed by atoms with van der Waals surface area (Å²) >= 11 is 1.65. The van der Waals surface area contributed by atoms with Gasteiger partial charge in [0.1, 0.15) is 6.04 Å². The van der Waals surface area contributed by atoms with Crippen LogP contribution in [0, 0.1) is 12.8 Å². The van der Waals surface area contributed by atoms with E-state index >= 15 is 0 Å². The molecule has 124 valence electrons. The molecule has 0 bridgehead atoms. The predicted octanol–water partition coefficient (Wildman–Crippen LogP) is 2.66. The molecule has 1 amide bonds. The maximum absolute atomic E-state index is 12.3. The van der Waals surface area contributed by atoms with Crippen LogP contribution >= 0.6 is 11.3 Å². The fraction of sp³-hybridized carbons (Fsp3) is 0.562. The van der Waals surface area contributed by atoms with Gasteiger partial charge in [0.05, 0.1) is 0 Å². The van der Waals surface area contributed by atoms with Gasteiger partial charge in [-0.15, -0.1) is 0 Å². The lowest BCUT2D eigenvalue weighted by atomic mass is 9.91. The molecule has 3 heterocycles. The minimum atomic E-state index is -0.227. The monoisotopic (exact) mass is 335 g/mol. The molecular weight excluding hydrogens is 314 g/mol. The zero-order valence-electron chi connectivity index (χ0n) is 13.2. The number of carbonyl (C=O) groups is 1. The van der Waals surface area contributed by atoms with E-state index in [4.69, 9.17) is 9.26 Å². The number of aryl methyl sites for hydroxylation is 2. The molecule has 0 unspecified atom stereocenters. The van der Waals surface area contributed by atoms with Crippen LogP contribution in [-0.4, -0.2) is 29.3 Å². The molecular formula is C16H21N3O3S. The molecule has 1 saturated heterocycles. The Bertz CT molecular complexity index is 620. The number of hydrogen-bond acceptors (Lipinski definition) is 6. The van der Waals surface area contributed by atoms with Crippen molar-refractivity contribution in [1.29, 1.82) is 0 Å². The molecule has 0 radical (unpaired) electrons. The van der Waals surface area contributed by atoms with Gasteiger partial charge in [0.2, 0.25) is 11.8 Å². The first-order valence-electron chi connectivity index (χ1n) is 7.91. The molecule has 7 heteroatoms. The zero-order valence-corrected chi connectivity index (χ0v) is 14.0. The van der Waals surface area contributed by atoms with Gasteiger partial charge in [-0.25, -0.2) is 0 Å². The van der Waals surface area contributed by atoms with E-state index in [0.717, 1.165) is 19.3 Å². The lowest BCUT2D eigenvalue weighted by Gasteiger charge is -2.28. The first kappa shape index (κ1) is 16.1. The second-order valence-electron chi connectivity index (χ2n) is 5.81. The SMILES string of the molecule is Cc1noc([C@@H](NC(=O)CCc2ccsc2)C2CCOCC2)n1. The Hall–Kier alpha value is -1.73. The van der Waals surface area contributed by atoms with Crippen molar-refractivity contribution in [3.8, 4) is 0 Å². The maximum atomic E-state index is 12.3. The molecule has 0 aliphatic carbocycles. The average Bonchev–Trinajstić information content (AvgIpc) is 3.23. The van der Waals surface area contributed by atoms with Crippen molar-refractivity contribution < 1.29 is 14.1 Å². The van der Waals surface area contributed by atoms with Gasteiger partial charge < -0.3 is 14.6 Å². The quantitative estimate of drug-likeness (QED) is 0.878. The Morgan fingerprint density at radius 1 is 1.48 bits per heavy atom. The van der Waals surface area contributed by atoms with Crippen LogP contribution in [0.15, 0.2) is 21.3 Å². The number of carbonyl (C=O) groups excluding carboxylic acids is 1. The zero-order chi connectivity index (χ0) is 16.1. The number of amides is 1. The van der Waals surface area contributed by atoms with Crippen LogP contribution in [0.25, 0.3) is 0 Å². The van der Waals surface area contributed by atoms with Crippen LogP contribution < -0.4 is 5.32 Å². The van der Waals surface area contributed by atoms with Crippen molar-refractivity contribution in [2.24, 2.45) is 5.92 Å². The Labute approximate surface area is 139 Å². The molecule has 1 fully saturated rings. The van der Waals surface area contributed by atoms with Gasteiger partial charge in [0, 0.05) is 19.6 Å². The van der Waals surface area contributed by atoms with Gasteiger partial charge in [-0.3, -0.25) is 4.79 Å². The van der Waals surface area contributed by atoms with E-state index < -0.39 is 0 Å². The number of ether oxygens (including phenoxy) is 1. The fourth-order valence-corrected chi connectivity index (χ4v) is 3.51. The summed E-state index contributed by atoms with van der Waals surface area (Å²) in [6.07, 6.45) is 2.98. The molecule has 0 saturated carbocycles. The van der Waals surface area contributed by atoms with Crippen molar-refractivity contribution in [1.82, 2.24) is 15.5 Å². The molecule has 1 N–H and O–H groups in total. The largest absolute Gasteiger partial charge is 0.381 e. The highest BCUT2D eigenvalue weighted by molar-refractivity contribution is 7.07. The normalized spacial score (nSPS) is 17.1. The minimum Gasteiger partial charge on any atom is -0.381 e. The van der Waals surface area contributed by atoms with E-state index in [0.29, 0.717) is 31.3 Å². The number of rotatable bonds is 6. The molecule has 1 atom stereocenters. The Morgan fingerprint density at radius 2 is 2.30 bits per heavy atom. The van der Waals surface area contributed by atoms with E-state index in [1.807, 2.05) is 5.38 Å². The molecule has 0 spiro atoms. The van der Waals surface area contributed by atoms with Crippen LogP contribution in [-0.2, 0) is 16.0 Å². The van der Waals surface area contributed by atoms with E-state index in [9.17, 15) is 4.79 Å². The van der Waals surface area contributed by atoms with Crippen molar-refractivity contribution in [3.63, 3.8) is 0 Å².